The number of nitrogens with zero attached hydrogens (tertiary/aromatic N) is 1. The van der Waals surface area contributed by atoms with E-state index in [0.717, 1.165) is 32.5 Å². The molecular formula is C10H22N2O. The van der Waals surface area contributed by atoms with Crippen LogP contribution in [0.2, 0.25) is 0 Å². The van der Waals surface area contributed by atoms with Gasteiger partial charge in [-0.05, 0) is 25.9 Å². The lowest BCUT2D eigenvalue weighted by Gasteiger charge is -2.53. The molecule has 0 aromatic carbocycles. The highest BCUT2D eigenvalue weighted by atomic mass is 16.5. The van der Waals surface area contributed by atoms with E-state index >= 15 is 0 Å². The summed E-state index contributed by atoms with van der Waals surface area (Å²) in [6.45, 7) is 7.32. The maximum atomic E-state index is 5.84. The van der Waals surface area contributed by atoms with Crippen molar-refractivity contribution in [1.82, 2.24) is 4.90 Å². The largest absolute Gasteiger partial charge is 0.381 e. The molecule has 0 spiro atoms. The quantitative estimate of drug-likeness (QED) is 0.691. The molecule has 0 saturated heterocycles. The third kappa shape index (κ3) is 1.87. The molecule has 2 N–H and O–H groups in total. The van der Waals surface area contributed by atoms with Crippen molar-refractivity contribution in [2.45, 2.75) is 38.3 Å². The molecule has 1 aliphatic rings. The molecule has 0 aromatic heterocycles. The molecule has 0 bridgehead atoms. The summed E-state index contributed by atoms with van der Waals surface area (Å²) >= 11 is 0. The highest BCUT2D eigenvalue weighted by molar-refractivity contribution is 5.03. The molecule has 0 aliphatic heterocycles. The number of hydrogen-bond donors (Lipinski definition) is 1. The van der Waals surface area contributed by atoms with E-state index in [4.69, 9.17) is 10.5 Å². The highest BCUT2D eigenvalue weighted by Crippen LogP contribution is 2.38. The minimum atomic E-state index is 0.240. The van der Waals surface area contributed by atoms with Crippen molar-refractivity contribution in [3.63, 3.8) is 0 Å². The molecule has 1 fully saturated rings. The van der Waals surface area contributed by atoms with Crippen LogP contribution in [-0.4, -0.2) is 43.3 Å². The van der Waals surface area contributed by atoms with Crippen LogP contribution in [0.5, 0.6) is 0 Å². The Bertz CT molecular complexity index is 151. The maximum absolute atomic E-state index is 5.84. The first-order valence-corrected chi connectivity index (χ1v) is 5.20. The summed E-state index contributed by atoms with van der Waals surface area (Å²) in [5.74, 6) is 0. The third-order valence-electron chi connectivity index (χ3n) is 3.36. The second-order valence-electron chi connectivity index (χ2n) is 3.87. The second-order valence-corrected chi connectivity index (χ2v) is 3.87. The van der Waals surface area contributed by atoms with Crippen LogP contribution in [0.1, 0.15) is 26.7 Å². The van der Waals surface area contributed by atoms with Crippen molar-refractivity contribution in [1.29, 1.82) is 0 Å². The Balaban J connectivity index is 2.52. The molecule has 0 unspecified atom stereocenters. The van der Waals surface area contributed by atoms with Gasteiger partial charge >= 0.3 is 0 Å². The molecule has 1 saturated carbocycles. The molecule has 78 valence electrons. The SMILES string of the molecule is CCN(CC)C1(CN)CC(OC)C1. The van der Waals surface area contributed by atoms with Crippen molar-refractivity contribution in [2.75, 3.05) is 26.7 Å². The van der Waals surface area contributed by atoms with E-state index in [-0.39, 0.29) is 5.54 Å². The van der Waals surface area contributed by atoms with Crippen molar-refractivity contribution in [3.8, 4) is 0 Å². The first kappa shape index (κ1) is 11.0. The van der Waals surface area contributed by atoms with Gasteiger partial charge in [0.1, 0.15) is 0 Å². The summed E-state index contributed by atoms with van der Waals surface area (Å²) in [4.78, 5) is 2.46. The lowest BCUT2D eigenvalue weighted by molar-refractivity contribution is -0.0839. The Labute approximate surface area is 81.2 Å². The van der Waals surface area contributed by atoms with E-state index < -0.39 is 0 Å². The maximum Gasteiger partial charge on any atom is 0.0607 e. The van der Waals surface area contributed by atoms with Gasteiger partial charge in [-0.2, -0.15) is 0 Å². The predicted octanol–water partition coefficient (Wildman–Crippen LogP) is 0.834. The van der Waals surface area contributed by atoms with E-state index in [1.165, 1.54) is 0 Å². The van der Waals surface area contributed by atoms with Crippen LogP contribution in [0.25, 0.3) is 0 Å². The van der Waals surface area contributed by atoms with Gasteiger partial charge in [0.2, 0.25) is 0 Å². The van der Waals surface area contributed by atoms with E-state index in [1.54, 1.807) is 7.11 Å². The van der Waals surface area contributed by atoms with Gasteiger partial charge in [-0.25, -0.2) is 0 Å². The molecule has 1 rings (SSSR count). The fourth-order valence-electron chi connectivity index (χ4n) is 2.40. The fourth-order valence-corrected chi connectivity index (χ4v) is 2.40. The normalized spacial score (nSPS) is 33.5. The van der Waals surface area contributed by atoms with Gasteiger partial charge in [0.05, 0.1) is 6.10 Å². The van der Waals surface area contributed by atoms with Crippen LogP contribution in [0.3, 0.4) is 0 Å². The summed E-state index contributed by atoms with van der Waals surface area (Å²) < 4.78 is 5.30. The van der Waals surface area contributed by atoms with Crippen LogP contribution in [-0.2, 0) is 4.74 Å². The standard InChI is InChI=1S/C10H22N2O/c1-4-12(5-2)10(8-11)6-9(7-10)13-3/h9H,4-8,11H2,1-3H3. The van der Waals surface area contributed by atoms with Gasteiger partial charge in [-0.1, -0.05) is 13.8 Å². The lowest BCUT2D eigenvalue weighted by atomic mass is 9.72. The minimum absolute atomic E-state index is 0.240. The zero-order chi connectivity index (χ0) is 9.90. The molecule has 13 heavy (non-hydrogen) atoms. The second kappa shape index (κ2) is 4.40. The molecular weight excluding hydrogens is 164 g/mol. The fraction of sp³-hybridized carbons (Fsp3) is 1.00. The Morgan fingerprint density at radius 1 is 1.38 bits per heavy atom. The summed E-state index contributed by atoms with van der Waals surface area (Å²) in [6.07, 6.45) is 2.63. The molecule has 0 aromatic rings. The van der Waals surface area contributed by atoms with Crippen LogP contribution in [0.4, 0.5) is 0 Å². The number of nitrogens with two attached hydrogens (primary N) is 1. The molecule has 0 radical (unpaired) electrons. The van der Waals surface area contributed by atoms with Crippen molar-refractivity contribution in [3.05, 3.63) is 0 Å². The Hall–Kier alpha value is -0.120. The van der Waals surface area contributed by atoms with Crippen LogP contribution >= 0.6 is 0 Å². The molecule has 0 atom stereocenters. The molecule has 1 aliphatic carbocycles. The first-order chi connectivity index (χ1) is 6.22. The van der Waals surface area contributed by atoms with Crippen molar-refractivity contribution < 1.29 is 4.74 Å². The smallest absolute Gasteiger partial charge is 0.0607 e. The van der Waals surface area contributed by atoms with Crippen molar-refractivity contribution in [2.24, 2.45) is 5.73 Å². The van der Waals surface area contributed by atoms with E-state index in [0.29, 0.717) is 6.10 Å². The zero-order valence-electron chi connectivity index (χ0n) is 9.05. The topological polar surface area (TPSA) is 38.5 Å². The number of hydrogen-bond acceptors (Lipinski definition) is 3. The van der Waals surface area contributed by atoms with Crippen LogP contribution < -0.4 is 5.73 Å². The van der Waals surface area contributed by atoms with Crippen molar-refractivity contribution >= 4 is 0 Å². The van der Waals surface area contributed by atoms with E-state index in [9.17, 15) is 0 Å². The van der Waals surface area contributed by atoms with E-state index in [2.05, 4.69) is 18.7 Å². The van der Waals surface area contributed by atoms with Gasteiger partial charge in [0, 0.05) is 19.2 Å². The van der Waals surface area contributed by atoms with Crippen LogP contribution in [0, 0.1) is 0 Å². The highest BCUT2D eigenvalue weighted by Gasteiger charge is 2.46. The van der Waals surface area contributed by atoms with Gasteiger partial charge < -0.3 is 10.5 Å². The van der Waals surface area contributed by atoms with Gasteiger partial charge in [0.15, 0.2) is 0 Å². The van der Waals surface area contributed by atoms with E-state index in [1.807, 2.05) is 0 Å². The lowest BCUT2D eigenvalue weighted by Crippen LogP contribution is -2.63. The number of rotatable bonds is 5. The molecule has 3 heteroatoms. The van der Waals surface area contributed by atoms with Gasteiger partial charge in [-0.3, -0.25) is 4.90 Å². The molecule has 3 nitrogen and oxygen atoms in total. The number of ether oxygens (including phenoxy) is 1. The Morgan fingerprint density at radius 3 is 2.23 bits per heavy atom. The monoisotopic (exact) mass is 186 g/mol. The Morgan fingerprint density at radius 2 is 1.92 bits per heavy atom. The average Bonchev–Trinajstić information content (AvgIpc) is 2.10. The summed E-state index contributed by atoms with van der Waals surface area (Å²) in [5.41, 5.74) is 6.08. The average molecular weight is 186 g/mol. The zero-order valence-corrected chi connectivity index (χ0v) is 9.05. The number of likely N-dealkylation sites (N-methyl/N-ethyl adjacent to an activating group) is 1. The van der Waals surface area contributed by atoms with Crippen LogP contribution in [0.15, 0.2) is 0 Å². The summed E-state index contributed by atoms with van der Waals surface area (Å²) in [6, 6.07) is 0. The number of methoxy groups -OCH3 is 1. The predicted molar refractivity (Wildman–Crippen MR) is 54.7 cm³/mol. The summed E-state index contributed by atoms with van der Waals surface area (Å²) in [7, 11) is 1.79. The summed E-state index contributed by atoms with van der Waals surface area (Å²) in [5, 5.41) is 0. The Kier molecular flexibility index (Phi) is 3.71. The first-order valence-electron chi connectivity index (χ1n) is 5.20. The molecule has 0 amide bonds. The minimum Gasteiger partial charge on any atom is -0.381 e. The molecule has 0 heterocycles. The van der Waals surface area contributed by atoms with Gasteiger partial charge in [-0.15, -0.1) is 0 Å². The van der Waals surface area contributed by atoms with Gasteiger partial charge in [0.25, 0.3) is 0 Å². The third-order valence-corrected chi connectivity index (χ3v) is 3.36.